The zero-order valence-electron chi connectivity index (χ0n) is 17.6. The Morgan fingerprint density at radius 1 is 1.03 bits per heavy atom. The number of guanidine groups is 1. The number of nitrogens with one attached hydrogen (secondary N) is 2. The van der Waals surface area contributed by atoms with Gasteiger partial charge in [0.15, 0.2) is 17.4 Å². The van der Waals surface area contributed by atoms with E-state index in [-0.39, 0.29) is 29.4 Å². The first-order valence-corrected chi connectivity index (χ1v) is 9.93. The van der Waals surface area contributed by atoms with Gasteiger partial charge in [0.1, 0.15) is 6.54 Å². The minimum Gasteiger partial charge on any atom is -0.357 e. The number of aliphatic imine (C=N–C) groups is 1. The first-order chi connectivity index (χ1) is 13.5. The van der Waals surface area contributed by atoms with Crippen LogP contribution in [0.5, 0.6) is 0 Å². The average molecular weight is 506 g/mol. The second kappa shape index (κ2) is 10.6. The summed E-state index contributed by atoms with van der Waals surface area (Å²) in [5, 5.41) is 15.2. The normalized spacial score (nSPS) is 11.9. The molecule has 0 radical (unpaired) electrons. The summed E-state index contributed by atoms with van der Waals surface area (Å²) in [7, 11) is 0. The number of rotatable bonds is 7. The van der Waals surface area contributed by atoms with Crippen molar-refractivity contribution in [1.29, 1.82) is 0 Å². The Labute approximate surface area is 190 Å². The summed E-state index contributed by atoms with van der Waals surface area (Å²) in [6.07, 6.45) is 3.02. The molecular weight excluding hydrogens is 475 g/mol. The molecule has 29 heavy (non-hydrogen) atoms. The summed E-state index contributed by atoms with van der Waals surface area (Å²) in [6.45, 7) is 10.8. The predicted molar refractivity (Wildman–Crippen MR) is 130 cm³/mol. The van der Waals surface area contributed by atoms with Crippen LogP contribution >= 0.6 is 24.0 Å². The van der Waals surface area contributed by atoms with Crippen molar-refractivity contribution in [2.45, 2.75) is 46.1 Å². The van der Waals surface area contributed by atoms with Crippen LogP contribution in [0.25, 0.3) is 5.65 Å². The topological polar surface area (TPSA) is 66.6 Å². The minimum absolute atomic E-state index is 0. The van der Waals surface area contributed by atoms with E-state index >= 15 is 0 Å². The Balaban J connectivity index is 0.00000300. The molecule has 7 heteroatoms. The van der Waals surface area contributed by atoms with Crippen molar-refractivity contribution in [3.63, 3.8) is 0 Å². The third-order valence-electron chi connectivity index (χ3n) is 4.95. The molecular formula is C22H31IN6. The van der Waals surface area contributed by atoms with Gasteiger partial charge in [0, 0.05) is 24.7 Å². The van der Waals surface area contributed by atoms with E-state index in [1.54, 1.807) is 0 Å². The highest BCUT2D eigenvalue weighted by Gasteiger charge is 2.21. The smallest absolute Gasteiger partial charge is 0.191 e. The van der Waals surface area contributed by atoms with Gasteiger partial charge < -0.3 is 10.6 Å². The molecule has 0 spiro atoms. The first kappa shape index (κ1) is 23.1. The van der Waals surface area contributed by atoms with Crippen LogP contribution in [0.4, 0.5) is 0 Å². The highest BCUT2D eigenvalue weighted by molar-refractivity contribution is 14.0. The van der Waals surface area contributed by atoms with Crippen LogP contribution in [-0.2, 0) is 18.4 Å². The number of aromatic nitrogens is 3. The van der Waals surface area contributed by atoms with E-state index in [0.717, 1.165) is 36.9 Å². The van der Waals surface area contributed by atoms with Crippen LogP contribution in [0.3, 0.4) is 0 Å². The lowest BCUT2D eigenvalue weighted by atomic mass is 9.84. The maximum Gasteiger partial charge on any atom is 0.191 e. The van der Waals surface area contributed by atoms with E-state index in [2.05, 4.69) is 72.8 Å². The van der Waals surface area contributed by atoms with Crippen LogP contribution in [0.1, 0.15) is 44.6 Å². The van der Waals surface area contributed by atoms with Gasteiger partial charge in [-0.2, -0.15) is 0 Å². The summed E-state index contributed by atoms with van der Waals surface area (Å²) >= 11 is 0. The molecule has 3 rings (SSSR count). The minimum atomic E-state index is -0.00990. The standard InChI is InChI=1S/C22H30N6.HI/c1-5-17-10-12-18(13-11-17)22(3,4)16-25-21(23-6-2)24-15-20-27-26-19-9-7-8-14-28(19)20;/h7-14H,5-6,15-16H2,1-4H3,(H2,23,24,25);1H. The Morgan fingerprint density at radius 3 is 2.48 bits per heavy atom. The third-order valence-corrected chi connectivity index (χ3v) is 4.95. The molecule has 156 valence electrons. The number of halogens is 1. The quantitative estimate of drug-likeness (QED) is 0.290. The number of hydrogen-bond donors (Lipinski definition) is 2. The molecule has 0 atom stereocenters. The largest absolute Gasteiger partial charge is 0.357 e. The lowest BCUT2D eigenvalue weighted by Crippen LogP contribution is -2.43. The Bertz CT molecular complexity index is 930. The van der Waals surface area contributed by atoms with Gasteiger partial charge in [-0.15, -0.1) is 34.2 Å². The Kier molecular flexibility index (Phi) is 8.43. The maximum atomic E-state index is 4.70. The number of aryl methyl sites for hydroxylation is 1. The molecule has 6 nitrogen and oxygen atoms in total. The van der Waals surface area contributed by atoms with Crippen LogP contribution in [0, 0.1) is 0 Å². The number of hydrogen-bond acceptors (Lipinski definition) is 3. The van der Waals surface area contributed by atoms with E-state index in [9.17, 15) is 0 Å². The van der Waals surface area contributed by atoms with E-state index in [1.165, 1.54) is 11.1 Å². The number of benzene rings is 1. The average Bonchev–Trinajstić information content (AvgIpc) is 3.13. The summed E-state index contributed by atoms with van der Waals surface area (Å²) < 4.78 is 1.96. The summed E-state index contributed by atoms with van der Waals surface area (Å²) in [5.41, 5.74) is 3.51. The summed E-state index contributed by atoms with van der Waals surface area (Å²) in [4.78, 5) is 4.70. The van der Waals surface area contributed by atoms with Crippen molar-refractivity contribution >= 4 is 35.6 Å². The zero-order valence-corrected chi connectivity index (χ0v) is 20.0. The Hall–Kier alpha value is -2.16. The van der Waals surface area contributed by atoms with Gasteiger partial charge in [0.05, 0.1) is 0 Å². The van der Waals surface area contributed by atoms with E-state index < -0.39 is 0 Å². The molecule has 0 saturated carbocycles. The molecule has 2 heterocycles. The van der Waals surface area contributed by atoms with Crippen molar-refractivity contribution in [3.05, 3.63) is 65.6 Å². The molecule has 0 bridgehead atoms. The first-order valence-electron chi connectivity index (χ1n) is 9.93. The summed E-state index contributed by atoms with van der Waals surface area (Å²) in [5.74, 6) is 1.61. The van der Waals surface area contributed by atoms with Crippen molar-refractivity contribution in [2.24, 2.45) is 4.99 Å². The molecule has 0 aliphatic heterocycles. The molecule has 0 fully saturated rings. The lowest BCUT2D eigenvalue weighted by Gasteiger charge is -2.27. The molecule has 0 aliphatic carbocycles. The second-order valence-corrected chi connectivity index (χ2v) is 7.53. The zero-order chi connectivity index (χ0) is 20.0. The van der Waals surface area contributed by atoms with Gasteiger partial charge in [-0.3, -0.25) is 4.40 Å². The fourth-order valence-corrected chi connectivity index (χ4v) is 3.09. The number of pyridine rings is 1. The SMILES string of the molecule is CCNC(=NCc1nnc2ccccn12)NCC(C)(C)c1ccc(CC)cc1.I. The molecule has 0 unspecified atom stereocenters. The predicted octanol–water partition coefficient (Wildman–Crippen LogP) is 3.94. The van der Waals surface area contributed by atoms with Gasteiger partial charge in [-0.05, 0) is 36.6 Å². The van der Waals surface area contributed by atoms with Crippen molar-refractivity contribution < 1.29 is 0 Å². The van der Waals surface area contributed by atoms with Gasteiger partial charge in [0.2, 0.25) is 0 Å². The van der Waals surface area contributed by atoms with E-state index in [1.807, 2.05) is 28.8 Å². The monoisotopic (exact) mass is 506 g/mol. The van der Waals surface area contributed by atoms with Gasteiger partial charge in [-0.25, -0.2) is 4.99 Å². The highest BCUT2D eigenvalue weighted by Crippen LogP contribution is 2.22. The van der Waals surface area contributed by atoms with Crippen LogP contribution in [0.2, 0.25) is 0 Å². The van der Waals surface area contributed by atoms with Gasteiger partial charge >= 0.3 is 0 Å². The third kappa shape index (κ3) is 5.91. The fourth-order valence-electron chi connectivity index (χ4n) is 3.09. The lowest BCUT2D eigenvalue weighted by molar-refractivity contribution is 0.508. The maximum absolute atomic E-state index is 4.70. The molecule has 0 saturated heterocycles. The fraction of sp³-hybridized carbons (Fsp3) is 0.409. The molecule has 2 N–H and O–H groups in total. The number of nitrogens with zero attached hydrogens (tertiary/aromatic N) is 4. The molecule has 1 aromatic carbocycles. The molecule has 0 aliphatic rings. The molecule has 0 amide bonds. The van der Waals surface area contributed by atoms with Crippen LogP contribution < -0.4 is 10.6 Å². The van der Waals surface area contributed by atoms with Crippen LogP contribution in [0.15, 0.2) is 53.7 Å². The Morgan fingerprint density at radius 2 is 1.79 bits per heavy atom. The van der Waals surface area contributed by atoms with Crippen LogP contribution in [-0.4, -0.2) is 33.6 Å². The van der Waals surface area contributed by atoms with Gasteiger partial charge in [0.25, 0.3) is 0 Å². The van der Waals surface area contributed by atoms with Gasteiger partial charge in [-0.1, -0.05) is 51.1 Å². The van der Waals surface area contributed by atoms with Crippen molar-refractivity contribution in [1.82, 2.24) is 25.2 Å². The molecule has 2 aromatic heterocycles. The summed E-state index contributed by atoms with van der Waals surface area (Å²) in [6, 6.07) is 14.8. The second-order valence-electron chi connectivity index (χ2n) is 7.53. The molecule has 3 aromatic rings. The van der Waals surface area contributed by atoms with E-state index in [0.29, 0.717) is 6.54 Å². The highest BCUT2D eigenvalue weighted by atomic mass is 127. The van der Waals surface area contributed by atoms with Crippen molar-refractivity contribution in [3.8, 4) is 0 Å². The van der Waals surface area contributed by atoms with E-state index in [4.69, 9.17) is 4.99 Å². The van der Waals surface area contributed by atoms with Crippen molar-refractivity contribution in [2.75, 3.05) is 13.1 Å². The number of fused-ring (bicyclic) bond motifs is 1.